The number of hydrogen-bond donors (Lipinski definition) is 2. The minimum atomic E-state index is -3.46. The van der Waals surface area contributed by atoms with Gasteiger partial charge in [-0.1, -0.05) is 24.6 Å². The van der Waals surface area contributed by atoms with Crippen molar-refractivity contribution >= 4 is 28.3 Å². The zero-order chi connectivity index (χ0) is 17.9. The van der Waals surface area contributed by atoms with Gasteiger partial charge in [0.25, 0.3) is 0 Å². The number of nitrogens with two attached hydrogens (primary N) is 1. The number of carbonyl (C=O) groups excluding carboxylic acids is 1. The first kappa shape index (κ1) is 21.9. The fraction of sp³-hybridized carbons (Fsp3) is 0.588. The van der Waals surface area contributed by atoms with Gasteiger partial charge in [0, 0.05) is 31.1 Å². The Morgan fingerprint density at radius 3 is 2.20 bits per heavy atom. The number of amides is 1. The maximum absolute atomic E-state index is 12.6. The lowest BCUT2D eigenvalue weighted by atomic mass is 10.0. The summed E-state index contributed by atoms with van der Waals surface area (Å²) in [7, 11) is -3.46. The molecule has 1 heterocycles. The molecule has 0 radical (unpaired) electrons. The van der Waals surface area contributed by atoms with Gasteiger partial charge in [-0.2, -0.15) is 4.31 Å². The van der Waals surface area contributed by atoms with Crippen LogP contribution in [0.3, 0.4) is 0 Å². The van der Waals surface area contributed by atoms with Crippen LogP contribution < -0.4 is 11.1 Å². The summed E-state index contributed by atoms with van der Waals surface area (Å²) in [5, 5.41) is 2.98. The van der Waals surface area contributed by atoms with Crippen LogP contribution in [0, 0.1) is 12.8 Å². The van der Waals surface area contributed by atoms with Crippen LogP contribution in [0.4, 0.5) is 0 Å². The molecule has 142 valence electrons. The summed E-state index contributed by atoms with van der Waals surface area (Å²) in [6.07, 6.45) is 1.23. The van der Waals surface area contributed by atoms with E-state index in [1.54, 1.807) is 38.1 Å². The summed E-state index contributed by atoms with van der Waals surface area (Å²) in [6.45, 7) is 6.35. The lowest BCUT2D eigenvalue weighted by Gasteiger charge is -2.32. The van der Waals surface area contributed by atoms with Gasteiger partial charge in [0.2, 0.25) is 15.9 Å². The quantitative estimate of drug-likeness (QED) is 0.801. The number of nitrogens with one attached hydrogen (secondary N) is 1. The summed E-state index contributed by atoms with van der Waals surface area (Å²) in [5.41, 5.74) is 6.77. The first-order chi connectivity index (χ1) is 11.2. The average Bonchev–Trinajstić information content (AvgIpc) is 2.55. The maximum atomic E-state index is 12.6. The Labute approximate surface area is 156 Å². The normalized spacial score (nSPS) is 18.9. The second kappa shape index (κ2) is 8.98. The van der Waals surface area contributed by atoms with E-state index in [-0.39, 0.29) is 36.3 Å². The summed E-state index contributed by atoms with van der Waals surface area (Å²) >= 11 is 0. The van der Waals surface area contributed by atoms with Crippen molar-refractivity contribution in [2.75, 3.05) is 13.1 Å². The number of benzene rings is 1. The average molecular weight is 390 g/mol. The van der Waals surface area contributed by atoms with Gasteiger partial charge in [0.15, 0.2) is 0 Å². The molecular weight excluding hydrogens is 362 g/mol. The molecule has 1 aliphatic rings. The first-order valence-corrected chi connectivity index (χ1v) is 9.78. The minimum Gasteiger partial charge on any atom is -0.353 e. The van der Waals surface area contributed by atoms with Crippen molar-refractivity contribution in [1.29, 1.82) is 0 Å². The van der Waals surface area contributed by atoms with E-state index in [0.717, 1.165) is 5.56 Å². The number of sulfonamides is 1. The van der Waals surface area contributed by atoms with Crippen molar-refractivity contribution in [3.63, 3.8) is 0 Å². The summed E-state index contributed by atoms with van der Waals surface area (Å²) < 4.78 is 26.8. The molecule has 1 aromatic rings. The number of rotatable bonds is 5. The molecule has 0 aliphatic carbocycles. The SMILES string of the molecule is Cc1ccc(S(=O)(=O)N2CCC(NC(=O)C(C)C(C)N)CC2)cc1.Cl. The molecule has 8 heteroatoms. The number of piperidine rings is 1. The molecule has 2 rings (SSSR count). The van der Waals surface area contributed by atoms with Crippen molar-refractivity contribution < 1.29 is 13.2 Å². The standard InChI is InChI=1S/C17H27N3O3S.ClH/c1-12-4-6-16(7-5-12)24(22,23)20-10-8-15(9-11-20)19-17(21)13(2)14(3)18;/h4-7,13-15H,8-11,18H2,1-3H3,(H,19,21);1H. The molecule has 0 bridgehead atoms. The van der Waals surface area contributed by atoms with Gasteiger partial charge in [-0.25, -0.2) is 8.42 Å². The second-order valence-electron chi connectivity index (χ2n) is 6.65. The van der Waals surface area contributed by atoms with Gasteiger partial charge in [-0.05, 0) is 38.8 Å². The first-order valence-electron chi connectivity index (χ1n) is 8.34. The maximum Gasteiger partial charge on any atom is 0.243 e. The molecule has 1 fully saturated rings. The smallest absolute Gasteiger partial charge is 0.243 e. The highest BCUT2D eigenvalue weighted by atomic mass is 35.5. The Hall–Kier alpha value is -1.15. The van der Waals surface area contributed by atoms with Crippen LogP contribution in [0.25, 0.3) is 0 Å². The Morgan fingerprint density at radius 2 is 1.72 bits per heavy atom. The summed E-state index contributed by atoms with van der Waals surface area (Å²) in [5.74, 6) is -0.316. The molecule has 2 atom stereocenters. The molecule has 1 saturated heterocycles. The molecule has 1 amide bonds. The number of carbonyl (C=O) groups is 1. The molecule has 0 saturated carbocycles. The minimum absolute atomic E-state index is 0. The van der Waals surface area contributed by atoms with Crippen LogP contribution in [0.1, 0.15) is 32.3 Å². The summed E-state index contributed by atoms with van der Waals surface area (Å²) in [6, 6.07) is 6.69. The van der Waals surface area contributed by atoms with Crippen LogP contribution >= 0.6 is 12.4 Å². The lowest BCUT2D eigenvalue weighted by Crippen LogP contribution is -2.49. The predicted octanol–water partition coefficient (Wildman–Crippen LogP) is 1.67. The van der Waals surface area contributed by atoms with E-state index in [1.807, 2.05) is 6.92 Å². The highest BCUT2D eigenvalue weighted by Crippen LogP contribution is 2.21. The zero-order valence-electron chi connectivity index (χ0n) is 14.9. The molecule has 2 unspecified atom stereocenters. The fourth-order valence-electron chi connectivity index (χ4n) is 2.67. The highest BCUT2D eigenvalue weighted by molar-refractivity contribution is 7.89. The number of nitrogens with zero attached hydrogens (tertiary/aromatic N) is 1. The van der Waals surface area contributed by atoms with Crippen molar-refractivity contribution in [1.82, 2.24) is 9.62 Å². The van der Waals surface area contributed by atoms with E-state index in [2.05, 4.69) is 5.32 Å². The molecule has 3 N–H and O–H groups in total. The van der Waals surface area contributed by atoms with E-state index in [4.69, 9.17) is 5.73 Å². The Balaban J connectivity index is 0.00000312. The summed E-state index contributed by atoms with van der Waals surface area (Å²) in [4.78, 5) is 12.4. The van der Waals surface area contributed by atoms with Gasteiger partial charge in [0.1, 0.15) is 0 Å². The van der Waals surface area contributed by atoms with Crippen LogP contribution in [0.15, 0.2) is 29.2 Å². The molecule has 1 aliphatic heterocycles. The van der Waals surface area contributed by atoms with E-state index in [9.17, 15) is 13.2 Å². The second-order valence-corrected chi connectivity index (χ2v) is 8.59. The van der Waals surface area contributed by atoms with Crippen molar-refractivity contribution in [3.05, 3.63) is 29.8 Å². The molecule has 1 aromatic carbocycles. The van der Waals surface area contributed by atoms with Crippen molar-refractivity contribution in [3.8, 4) is 0 Å². The molecule has 25 heavy (non-hydrogen) atoms. The van der Waals surface area contributed by atoms with E-state index in [0.29, 0.717) is 30.8 Å². The highest BCUT2D eigenvalue weighted by Gasteiger charge is 2.30. The van der Waals surface area contributed by atoms with Gasteiger partial charge in [-0.15, -0.1) is 12.4 Å². The van der Waals surface area contributed by atoms with E-state index >= 15 is 0 Å². The predicted molar refractivity (Wildman–Crippen MR) is 101 cm³/mol. The van der Waals surface area contributed by atoms with Crippen LogP contribution in [-0.4, -0.2) is 43.8 Å². The molecule has 6 nitrogen and oxygen atoms in total. The molecule has 0 spiro atoms. The number of aryl methyl sites for hydroxylation is 1. The fourth-order valence-corrected chi connectivity index (χ4v) is 4.14. The van der Waals surface area contributed by atoms with Crippen molar-refractivity contribution in [2.24, 2.45) is 11.7 Å². The topological polar surface area (TPSA) is 92.5 Å². The zero-order valence-corrected chi connectivity index (χ0v) is 16.6. The Kier molecular flexibility index (Phi) is 7.87. The van der Waals surface area contributed by atoms with Gasteiger partial charge < -0.3 is 11.1 Å². The number of hydrogen-bond acceptors (Lipinski definition) is 4. The largest absolute Gasteiger partial charge is 0.353 e. The third kappa shape index (κ3) is 5.41. The monoisotopic (exact) mass is 389 g/mol. The lowest BCUT2D eigenvalue weighted by molar-refractivity contribution is -0.125. The van der Waals surface area contributed by atoms with Crippen LogP contribution in [0.5, 0.6) is 0 Å². The third-order valence-electron chi connectivity index (χ3n) is 4.66. The van der Waals surface area contributed by atoms with Gasteiger partial charge in [-0.3, -0.25) is 4.79 Å². The Morgan fingerprint density at radius 1 is 1.20 bits per heavy atom. The van der Waals surface area contributed by atoms with Gasteiger partial charge in [0.05, 0.1) is 4.90 Å². The third-order valence-corrected chi connectivity index (χ3v) is 6.57. The van der Waals surface area contributed by atoms with Crippen LogP contribution in [-0.2, 0) is 14.8 Å². The van der Waals surface area contributed by atoms with E-state index < -0.39 is 10.0 Å². The van der Waals surface area contributed by atoms with Crippen LogP contribution in [0.2, 0.25) is 0 Å². The van der Waals surface area contributed by atoms with Crippen molar-refractivity contribution in [2.45, 2.75) is 50.6 Å². The van der Waals surface area contributed by atoms with E-state index in [1.165, 1.54) is 4.31 Å². The van der Waals surface area contributed by atoms with Gasteiger partial charge >= 0.3 is 0 Å². The number of halogens is 1. The molecular formula is C17H28ClN3O3S. The molecule has 0 aromatic heterocycles. The Bertz CT molecular complexity index is 669.